The lowest BCUT2D eigenvalue weighted by molar-refractivity contribution is 0.0902. The van der Waals surface area contributed by atoms with Crippen molar-refractivity contribution in [2.24, 2.45) is 0 Å². The number of nitrogens with zero attached hydrogens (tertiary/aromatic N) is 2. The zero-order valence-corrected chi connectivity index (χ0v) is 11.1. The summed E-state index contributed by atoms with van der Waals surface area (Å²) in [5.74, 6) is 0. The molecule has 0 saturated heterocycles. The summed E-state index contributed by atoms with van der Waals surface area (Å²) in [6, 6.07) is 5.29. The van der Waals surface area contributed by atoms with Gasteiger partial charge in [-0.1, -0.05) is 32.1 Å². The first kappa shape index (κ1) is 13.7. The molecule has 0 atom stereocenters. The summed E-state index contributed by atoms with van der Waals surface area (Å²) in [4.78, 5) is 18.8. The highest BCUT2D eigenvalue weighted by molar-refractivity contribution is 7.71. The van der Waals surface area contributed by atoms with Crippen LogP contribution in [-0.4, -0.2) is 28.8 Å². The Morgan fingerprint density at radius 3 is 2.53 bits per heavy atom. The molecule has 1 aromatic rings. The van der Waals surface area contributed by atoms with Crippen LogP contribution in [0.3, 0.4) is 0 Å². The van der Waals surface area contributed by atoms with Gasteiger partial charge in [-0.2, -0.15) is 4.73 Å². The molecule has 0 radical (unpaired) electrons. The van der Waals surface area contributed by atoms with Gasteiger partial charge in [-0.05, 0) is 25.0 Å². The van der Waals surface area contributed by atoms with E-state index >= 15 is 0 Å². The fraction of sp³-hybridized carbons (Fsp3) is 0.500. The summed E-state index contributed by atoms with van der Waals surface area (Å²) < 4.78 is 1.80. The van der Waals surface area contributed by atoms with Gasteiger partial charge in [0.25, 0.3) is 0 Å². The second kappa shape index (κ2) is 7.06. The van der Waals surface area contributed by atoms with Crippen molar-refractivity contribution in [3.8, 4) is 0 Å². The molecule has 0 bridgehead atoms. The Hall–Kier alpha value is -1.36. The first-order valence-corrected chi connectivity index (χ1v) is 6.24. The van der Waals surface area contributed by atoms with Gasteiger partial charge < -0.3 is 9.74 Å². The third kappa shape index (κ3) is 4.19. The van der Waals surface area contributed by atoms with Gasteiger partial charge in [0.2, 0.25) is 0 Å². The Morgan fingerprint density at radius 2 is 2.00 bits per heavy atom. The van der Waals surface area contributed by atoms with Crippen LogP contribution in [0.15, 0.2) is 24.4 Å². The molecule has 1 heterocycles. The molecular formula is C12H18N2O2S. The minimum atomic E-state index is -0.351. The molecule has 0 saturated carbocycles. The molecule has 0 aromatic carbocycles. The van der Waals surface area contributed by atoms with E-state index in [0.717, 1.165) is 12.8 Å². The van der Waals surface area contributed by atoms with Gasteiger partial charge in [0.1, 0.15) is 4.64 Å². The molecule has 1 rings (SSSR count). The quantitative estimate of drug-likeness (QED) is 0.758. The lowest BCUT2D eigenvalue weighted by Crippen LogP contribution is -2.38. The fourth-order valence-electron chi connectivity index (χ4n) is 1.46. The number of amides is 1. The summed E-state index contributed by atoms with van der Waals surface area (Å²) in [6.07, 6.45) is 3.11. The van der Waals surface area contributed by atoms with Crippen molar-refractivity contribution in [3.05, 3.63) is 29.0 Å². The van der Waals surface area contributed by atoms with Crippen molar-refractivity contribution in [2.75, 3.05) is 13.1 Å². The van der Waals surface area contributed by atoms with Crippen molar-refractivity contribution in [1.82, 2.24) is 9.63 Å². The predicted octanol–water partition coefficient (Wildman–Crippen LogP) is 2.89. The molecule has 1 aromatic heterocycles. The molecule has 0 spiro atoms. The molecule has 4 nitrogen and oxygen atoms in total. The highest BCUT2D eigenvalue weighted by Gasteiger charge is 2.13. The van der Waals surface area contributed by atoms with Crippen molar-refractivity contribution in [1.29, 1.82) is 0 Å². The summed E-state index contributed by atoms with van der Waals surface area (Å²) in [5.41, 5.74) is 0. The average Bonchev–Trinajstić information content (AvgIpc) is 2.32. The normalized spacial score (nSPS) is 10.0. The number of carbonyl (C=O) groups excluding carboxylic acids is 1. The summed E-state index contributed by atoms with van der Waals surface area (Å²) in [7, 11) is 0. The van der Waals surface area contributed by atoms with Gasteiger partial charge in [-0.15, -0.1) is 0 Å². The van der Waals surface area contributed by atoms with E-state index in [1.807, 2.05) is 19.9 Å². The predicted molar refractivity (Wildman–Crippen MR) is 69.4 cm³/mol. The van der Waals surface area contributed by atoms with Gasteiger partial charge in [0.15, 0.2) is 0 Å². The monoisotopic (exact) mass is 254 g/mol. The largest absolute Gasteiger partial charge is 0.434 e. The molecular weight excluding hydrogens is 236 g/mol. The number of hydrogen-bond donors (Lipinski definition) is 0. The number of aromatic nitrogens is 1. The molecule has 17 heavy (non-hydrogen) atoms. The van der Waals surface area contributed by atoms with Gasteiger partial charge in [0.05, 0.1) is 0 Å². The maximum atomic E-state index is 11.9. The fourth-order valence-corrected chi connectivity index (χ4v) is 1.64. The zero-order valence-electron chi connectivity index (χ0n) is 10.3. The highest BCUT2D eigenvalue weighted by atomic mass is 32.1. The second-order valence-electron chi connectivity index (χ2n) is 3.71. The number of carbonyl (C=O) groups is 1. The van der Waals surface area contributed by atoms with E-state index in [2.05, 4.69) is 0 Å². The summed E-state index contributed by atoms with van der Waals surface area (Å²) in [5, 5.41) is 0. The van der Waals surface area contributed by atoms with E-state index in [9.17, 15) is 4.79 Å². The molecule has 0 unspecified atom stereocenters. The first-order valence-electron chi connectivity index (χ1n) is 5.84. The molecule has 0 N–H and O–H groups in total. The van der Waals surface area contributed by atoms with Gasteiger partial charge in [-0.25, -0.2) is 4.79 Å². The van der Waals surface area contributed by atoms with Crippen LogP contribution in [0.5, 0.6) is 0 Å². The number of hydrogen-bond acceptors (Lipinski definition) is 3. The van der Waals surface area contributed by atoms with E-state index in [4.69, 9.17) is 17.1 Å². The van der Waals surface area contributed by atoms with Crippen LogP contribution in [-0.2, 0) is 0 Å². The zero-order chi connectivity index (χ0) is 12.7. The maximum Gasteiger partial charge on any atom is 0.434 e. The lowest BCUT2D eigenvalue weighted by Gasteiger charge is -2.20. The van der Waals surface area contributed by atoms with E-state index in [1.165, 1.54) is 4.73 Å². The van der Waals surface area contributed by atoms with Crippen LogP contribution >= 0.6 is 12.2 Å². The van der Waals surface area contributed by atoms with Gasteiger partial charge in [0, 0.05) is 19.3 Å². The molecule has 0 aliphatic carbocycles. The van der Waals surface area contributed by atoms with E-state index in [0.29, 0.717) is 17.7 Å². The third-order valence-corrected chi connectivity index (χ3v) is 2.53. The van der Waals surface area contributed by atoms with Crippen LogP contribution in [0.1, 0.15) is 26.7 Å². The lowest BCUT2D eigenvalue weighted by atomic mass is 10.4. The number of pyridine rings is 1. The molecule has 1 amide bonds. The Bertz CT molecular complexity index is 411. The van der Waals surface area contributed by atoms with E-state index in [-0.39, 0.29) is 6.09 Å². The van der Waals surface area contributed by atoms with Crippen LogP contribution in [0.25, 0.3) is 0 Å². The van der Waals surface area contributed by atoms with Crippen molar-refractivity contribution >= 4 is 18.3 Å². The Morgan fingerprint density at radius 1 is 1.35 bits per heavy atom. The average molecular weight is 254 g/mol. The van der Waals surface area contributed by atoms with Crippen molar-refractivity contribution in [3.63, 3.8) is 0 Å². The molecule has 0 aliphatic heterocycles. The van der Waals surface area contributed by atoms with Crippen LogP contribution in [0, 0.1) is 4.64 Å². The SMILES string of the molecule is CCCN(CCC)C(=O)On1ccccc1=S. The minimum absolute atomic E-state index is 0.351. The Balaban J connectivity index is 2.70. The minimum Gasteiger partial charge on any atom is -0.316 e. The molecule has 0 fully saturated rings. The topological polar surface area (TPSA) is 34.5 Å². The van der Waals surface area contributed by atoms with Crippen LogP contribution < -0.4 is 4.84 Å². The van der Waals surface area contributed by atoms with Gasteiger partial charge in [-0.3, -0.25) is 0 Å². The van der Waals surface area contributed by atoms with Gasteiger partial charge >= 0.3 is 6.09 Å². The van der Waals surface area contributed by atoms with Crippen LogP contribution in [0.4, 0.5) is 4.79 Å². The van der Waals surface area contributed by atoms with Crippen molar-refractivity contribution in [2.45, 2.75) is 26.7 Å². The summed E-state index contributed by atoms with van der Waals surface area (Å²) in [6.45, 7) is 5.47. The Labute approximate surface area is 107 Å². The maximum absolute atomic E-state index is 11.9. The molecule has 5 heteroatoms. The standard InChI is InChI=1S/C12H18N2O2S/c1-3-8-13(9-4-2)12(15)16-14-10-6-5-7-11(14)17/h5-7,10H,3-4,8-9H2,1-2H3. The Kier molecular flexibility index (Phi) is 5.69. The van der Waals surface area contributed by atoms with Crippen molar-refractivity contribution < 1.29 is 9.63 Å². The van der Waals surface area contributed by atoms with E-state index in [1.54, 1.807) is 23.2 Å². The molecule has 0 aliphatic rings. The second-order valence-corrected chi connectivity index (χ2v) is 4.13. The molecule has 94 valence electrons. The third-order valence-electron chi connectivity index (χ3n) is 2.21. The van der Waals surface area contributed by atoms with Crippen LogP contribution in [0.2, 0.25) is 0 Å². The summed E-state index contributed by atoms with van der Waals surface area (Å²) >= 11 is 5.05. The van der Waals surface area contributed by atoms with E-state index < -0.39 is 0 Å². The number of rotatable bonds is 5. The first-order chi connectivity index (χ1) is 8.19. The highest BCUT2D eigenvalue weighted by Crippen LogP contribution is 1.98. The smallest absolute Gasteiger partial charge is 0.316 e.